The van der Waals surface area contributed by atoms with Crippen molar-refractivity contribution in [2.24, 2.45) is 0 Å². The summed E-state index contributed by atoms with van der Waals surface area (Å²) in [4.78, 5) is 32.7. The van der Waals surface area contributed by atoms with Gasteiger partial charge in [0, 0.05) is 13.0 Å². The smallest absolute Gasteiger partial charge is 0.326 e. The van der Waals surface area contributed by atoms with Gasteiger partial charge in [-0.2, -0.15) is 0 Å². The number of nitrogens with one attached hydrogen (secondary N) is 2. The molecule has 2 amide bonds. The van der Waals surface area contributed by atoms with E-state index in [1.54, 1.807) is 0 Å². The lowest BCUT2D eigenvalue weighted by molar-refractivity contribution is -0.141. The highest BCUT2D eigenvalue weighted by molar-refractivity contribution is 5.90. The molecule has 6 nitrogen and oxygen atoms in total. The number of hydrogen-bond acceptors (Lipinski definition) is 3. The summed E-state index contributed by atoms with van der Waals surface area (Å²) in [6.07, 6.45) is 2.58. The van der Waals surface area contributed by atoms with Crippen molar-refractivity contribution in [3.05, 3.63) is 97.1 Å². The summed E-state index contributed by atoms with van der Waals surface area (Å²) < 4.78 is 0. The van der Waals surface area contributed by atoms with Gasteiger partial charge in [0.15, 0.2) is 0 Å². The predicted octanol–water partition coefficient (Wildman–Crippen LogP) is 2.47. The third kappa shape index (κ3) is 9.15. The van der Waals surface area contributed by atoms with E-state index in [-0.39, 0.29) is 12.3 Å². The van der Waals surface area contributed by atoms with Gasteiger partial charge in [0.25, 0.3) is 0 Å². The number of carbonyl (C=O) groups excluding carboxylic acids is 2. The molecule has 1 atom stereocenters. The van der Waals surface area contributed by atoms with E-state index < -0.39 is 17.9 Å². The quantitative estimate of drug-likeness (QED) is 0.613. The lowest BCUT2D eigenvalue weighted by Gasteiger charge is -2.13. The summed E-state index contributed by atoms with van der Waals surface area (Å²) in [5.41, 5.74) is 1.95. The molecular formula is C22H24N2O4. The highest BCUT2D eigenvalue weighted by atomic mass is 16.4. The molecule has 3 N–H and O–H groups in total. The molecule has 0 fully saturated rings. The van der Waals surface area contributed by atoms with Crippen molar-refractivity contribution in [3.63, 3.8) is 0 Å². The van der Waals surface area contributed by atoms with Crippen LogP contribution in [0.3, 0.4) is 0 Å². The molecule has 6 heteroatoms. The van der Waals surface area contributed by atoms with Crippen LogP contribution in [0, 0.1) is 0 Å². The number of carboxylic acid groups (broad SMARTS) is 1. The van der Waals surface area contributed by atoms with Crippen LogP contribution in [0.5, 0.6) is 0 Å². The summed E-state index contributed by atoms with van der Waals surface area (Å²) in [7, 11) is 0. The number of hydrogen-bond donors (Lipinski definition) is 3. The Morgan fingerprint density at radius 2 is 1.36 bits per heavy atom. The van der Waals surface area contributed by atoms with Crippen molar-refractivity contribution in [2.75, 3.05) is 0 Å². The number of carboxylic acids is 1. The minimum atomic E-state index is -1.06. The second-order valence-corrected chi connectivity index (χ2v) is 5.70. The van der Waals surface area contributed by atoms with Crippen molar-refractivity contribution in [1.82, 2.24) is 10.6 Å². The fourth-order valence-corrected chi connectivity index (χ4v) is 2.14. The summed E-state index contributed by atoms with van der Waals surface area (Å²) in [5, 5.41) is 14.0. The van der Waals surface area contributed by atoms with Gasteiger partial charge in [0.05, 0.1) is 0 Å². The predicted molar refractivity (Wildman–Crippen MR) is 108 cm³/mol. The average Bonchev–Trinajstić information content (AvgIpc) is 2.73. The molecule has 0 aliphatic carbocycles. The zero-order valence-electron chi connectivity index (χ0n) is 15.5. The van der Waals surface area contributed by atoms with Gasteiger partial charge < -0.3 is 15.7 Å². The normalized spacial score (nSPS) is 10.4. The Morgan fingerprint density at radius 1 is 0.857 bits per heavy atom. The molecule has 2 aromatic carbocycles. The first kappa shape index (κ1) is 22.4. The first-order valence-electron chi connectivity index (χ1n) is 8.60. The van der Waals surface area contributed by atoms with E-state index in [1.807, 2.05) is 60.7 Å². The van der Waals surface area contributed by atoms with E-state index in [0.717, 1.165) is 17.2 Å². The third-order valence-corrected chi connectivity index (χ3v) is 3.58. The van der Waals surface area contributed by atoms with Crippen LogP contribution >= 0.6 is 0 Å². The highest BCUT2D eigenvalue weighted by Crippen LogP contribution is 2.03. The van der Waals surface area contributed by atoms with Crippen LogP contribution in [0.1, 0.15) is 11.1 Å². The largest absolute Gasteiger partial charge is 0.480 e. The topological polar surface area (TPSA) is 95.5 Å². The van der Waals surface area contributed by atoms with Crippen LogP contribution in [0.15, 0.2) is 86.0 Å². The molecule has 0 spiro atoms. The summed E-state index contributed by atoms with van der Waals surface area (Å²) in [6.45, 7) is 7.20. The van der Waals surface area contributed by atoms with E-state index in [4.69, 9.17) is 5.11 Å². The van der Waals surface area contributed by atoms with Gasteiger partial charge in [0.1, 0.15) is 6.04 Å². The molecule has 0 bridgehead atoms. The zero-order valence-corrected chi connectivity index (χ0v) is 15.5. The van der Waals surface area contributed by atoms with Gasteiger partial charge in [-0.15, -0.1) is 0 Å². The van der Waals surface area contributed by atoms with Crippen LogP contribution in [0.25, 0.3) is 0 Å². The van der Waals surface area contributed by atoms with Crippen LogP contribution in [-0.2, 0) is 27.3 Å². The number of aliphatic carboxylic acids is 1. The maximum absolute atomic E-state index is 11.0. The molecule has 2 rings (SSSR count). The lowest BCUT2D eigenvalue weighted by atomic mass is 10.1. The number of benzene rings is 2. The van der Waals surface area contributed by atoms with Crippen molar-refractivity contribution >= 4 is 17.8 Å². The van der Waals surface area contributed by atoms with E-state index in [9.17, 15) is 14.4 Å². The molecule has 146 valence electrons. The Balaban J connectivity index is 0.000000292. The van der Waals surface area contributed by atoms with E-state index in [1.165, 1.54) is 6.08 Å². The van der Waals surface area contributed by atoms with Gasteiger partial charge in [-0.1, -0.05) is 73.8 Å². The van der Waals surface area contributed by atoms with Crippen molar-refractivity contribution in [3.8, 4) is 0 Å². The fraction of sp³-hybridized carbons (Fsp3) is 0.136. The van der Waals surface area contributed by atoms with Gasteiger partial charge in [-0.05, 0) is 23.3 Å². The zero-order chi connectivity index (χ0) is 20.8. The summed E-state index contributed by atoms with van der Waals surface area (Å²) in [5.74, 6) is -1.68. The lowest BCUT2D eigenvalue weighted by Crippen LogP contribution is -2.41. The molecule has 2 aromatic rings. The molecule has 0 radical (unpaired) electrons. The Morgan fingerprint density at radius 3 is 1.82 bits per heavy atom. The van der Waals surface area contributed by atoms with Crippen LogP contribution in [0.2, 0.25) is 0 Å². The Bertz CT molecular complexity index is 789. The molecule has 28 heavy (non-hydrogen) atoms. The van der Waals surface area contributed by atoms with E-state index in [0.29, 0.717) is 6.54 Å². The molecule has 0 saturated carbocycles. The maximum atomic E-state index is 11.0. The minimum absolute atomic E-state index is 0.140. The molecule has 0 heterocycles. The summed E-state index contributed by atoms with van der Waals surface area (Å²) in [6, 6.07) is 17.9. The molecule has 0 aliphatic rings. The molecule has 0 saturated heterocycles. The van der Waals surface area contributed by atoms with Crippen LogP contribution < -0.4 is 10.6 Å². The van der Waals surface area contributed by atoms with E-state index >= 15 is 0 Å². The standard InChI is InChI=1S/C12H13NO3.C10H11NO/c1-2-11(14)13-10(12(15)16)8-9-6-4-3-5-7-9;1-2-10(12)11-8-9-6-4-3-5-7-9/h2-7,10H,1,8H2,(H,13,14)(H,15,16);2-7H,1,8H2,(H,11,12). The highest BCUT2D eigenvalue weighted by Gasteiger charge is 2.18. The van der Waals surface area contributed by atoms with Crippen molar-refractivity contribution in [2.45, 2.75) is 19.0 Å². The first-order valence-corrected chi connectivity index (χ1v) is 8.60. The summed E-state index contributed by atoms with van der Waals surface area (Å²) >= 11 is 0. The van der Waals surface area contributed by atoms with E-state index in [2.05, 4.69) is 23.8 Å². The number of carbonyl (C=O) groups is 3. The number of rotatable bonds is 8. The average molecular weight is 380 g/mol. The Labute approximate surface area is 164 Å². The minimum Gasteiger partial charge on any atom is -0.480 e. The van der Waals surface area contributed by atoms with Crippen LogP contribution in [0.4, 0.5) is 0 Å². The monoisotopic (exact) mass is 380 g/mol. The SMILES string of the molecule is C=CC(=O)NC(Cc1ccccc1)C(=O)O.C=CC(=O)NCc1ccccc1. The van der Waals surface area contributed by atoms with Gasteiger partial charge in [-0.3, -0.25) is 9.59 Å². The van der Waals surface area contributed by atoms with Gasteiger partial charge in [0.2, 0.25) is 11.8 Å². The van der Waals surface area contributed by atoms with Gasteiger partial charge in [-0.25, -0.2) is 4.79 Å². The van der Waals surface area contributed by atoms with Crippen molar-refractivity contribution in [1.29, 1.82) is 0 Å². The second-order valence-electron chi connectivity index (χ2n) is 5.70. The maximum Gasteiger partial charge on any atom is 0.326 e. The second kappa shape index (κ2) is 12.6. The van der Waals surface area contributed by atoms with Crippen molar-refractivity contribution < 1.29 is 19.5 Å². The first-order chi connectivity index (χ1) is 13.5. The Kier molecular flexibility index (Phi) is 10.1. The Hall–Kier alpha value is -3.67. The number of amides is 2. The van der Waals surface area contributed by atoms with Gasteiger partial charge >= 0.3 is 5.97 Å². The molecular weight excluding hydrogens is 356 g/mol. The fourth-order valence-electron chi connectivity index (χ4n) is 2.14. The third-order valence-electron chi connectivity index (χ3n) is 3.58. The molecule has 1 unspecified atom stereocenters. The molecule has 0 aliphatic heterocycles. The van der Waals surface area contributed by atoms with Crippen LogP contribution in [-0.4, -0.2) is 28.9 Å². The molecule has 0 aromatic heterocycles.